The van der Waals surface area contributed by atoms with Crippen LogP contribution in [-0.2, 0) is 16.0 Å². The molecule has 23 heavy (non-hydrogen) atoms. The van der Waals surface area contributed by atoms with Crippen molar-refractivity contribution in [2.75, 3.05) is 14.2 Å². The zero-order valence-corrected chi connectivity index (χ0v) is 16.2. The average molecular weight is 340 g/mol. The topological polar surface area (TPSA) is 70.8 Å². The van der Waals surface area contributed by atoms with Crippen LogP contribution in [0, 0.1) is 0 Å². The quantitative estimate of drug-likeness (QED) is 0.637. The second kappa shape index (κ2) is 7.36. The summed E-state index contributed by atoms with van der Waals surface area (Å²) in [6.07, 6.45) is 0.393. The summed E-state index contributed by atoms with van der Waals surface area (Å²) in [4.78, 5) is 11.5. The van der Waals surface area contributed by atoms with Crippen LogP contribution in [0.1, 0.15) is 26.3 Å². The first-order valence-corrected chi connectivity index (χ1v) is 10.6. The van der Waals surface area contributed by atoms with Gasteiger partial charge in [0.15, 0.2) is 5.75 Å². The standard InChI is InChI=1S/C17H29NO4Si/c1-17(2,3)23(6,7)22-15-11-12(8-9-14(15)20-4)10-13(18)16(19)21-5/h8-9,11,13H,10,18H2,1-7H3. The van der Waals surface area contributed by atoms with E-state index in [1.54, 1.807) is 7.11 Å². The van der Waals surface area contributed by atoms with Gasteiger partial charge in [-0.15, -0.1) is 0 Å². The van der Waals surface area contributed by atoms with Crippen LogP contribution in [0.15, 0.2) is 18.2 Å². The zero-order valence-electron chi connectivity index (χ0n) is 15.2. The van der Waals surface area contributed by atoms with E-state index in [0.717, 1.165) is 5.56 Å². The van der Waals surface area contributed by atoms with E-state index in [1.165, 1.54) is 7.11 Å². The Morgan fingerprint density at radius 2 is 1.83 bits per heavy atom. The van der Waals surface area contributed by atoms with Gasteiger partial charge in [0.05, 0.1) is 14.2 Å². The first-order valence-electron chi connectivity index (χ1n) is 7.71. The van der Waals surface area contributed by atoms with E-state index in [-0.39, 0.29) is 5.04 Å². The van der Waals surface area contributed by atoms with Crippen LogP contribution in [0.25, 0.3) is 0 Å². The molecule has 1 unspecified atom stereocenters. The maximum atomic E-state index is 11.5. The van der Waals surface area contributed by atoms with Gasteiger partial charge in [-0.3, -0.25) is 4.79 Å². The summed E-state index contributed by atoms with van der Waals surface area (Å²) >= 11 is 0. The molecule has 0 spiro atoms. The molecule has 0 aliphatic carbocycles. The summed E-state index contributed by atoms with van der Waals surface area (Å²) < 4.78 is 16.4. The van der Waals surface area contributed by atoms with E-state index in [4.69, 9.17) is 14.9 Å². The Labute approximate surface area is 140 Å². The Bertz CT molecular complexity index is 552. The zero-order chi connectivity index (χ0) is 17.8. The lowest BCUT2D eigenvalue weighted by Gasteiger charge is -2.36. The number of hydrogen-bond donors (Lipinski definition) is 1. The fourth-order valence-corrected chi connectivity index (χ4v) is 2.86. The summed E-state index contributed by atoms with van der Waals surface area (Å²) in [6.45, 7) is 10.9. The highest BCUT2D eigenvalue weighted by Gasteiger charge is 2.39. The van der Waals surface area contributed by atoms with Gasteiger partial charge in [0, 0.05) is 0 Å². The monoisotopic (exact) mass is 339 g/mol. The van der Waals surface area contributed by atoms with Crippen LogP contribution >= 0.6 is 0 Å². The second-order valence-corrected chi connectivity index (χ2v) is 11.9. The van der Waals surface area contributed by atoms with E-state index in [2.05, 4.69) is 38.6 Å². The summed E-state index contributed by atoms with van der Waals surface area (Å²) in [5.41, 5.74) is 6.75. The van der Waals surface area contributed by atoms with Crippen LogP contribution < -0.4 is 14.9 Å². The summed E-state index contributed by atoms with van der Waals surface area (Å²) in [6, 6.07) is 4.96. The molecule has 0 fully saturated rings. The molecule has 0 saturated heterocycles. The van der Waals surface area contributed by atoms with Gasteiger partial charge in [-0.05, 0) is 42.2 Å². The van der Waals surface area contributed by atoms with Crippen LogP contribution in [0.3, 0.4) is 0 Å². The molecule has 0 amide bonds. The summed E-state index contributed by atoms with van der Waals surface area (Å²) in [5, 5.41) is 0.0798. The van der Waals surface area contributed by atoms with Crippen molar-refractivity contribution in [3.05, 3.63) is 23.8 Å². The molecule has 0 heterocycles. The van der Waals surface area contributed by atoms with Gasteiger partial charge < -0.3 is 19.6 Å². The molecule has 0 aliphatic heterocycles. The minimum atomic E-state index is -1.99. The van der Waals surface area contributed by atoms with Crippen molar-refractivity contribution in [2.45, 2.75) is 51.4 Å². The minimum absolute atomic E-state index is 0.0798. The molecule has 1 aromatic carbocycles. The molecule has 2 N–H and O–H groups in total. The van der Waals surface area contributed by atoms with Crippen LogP contribution in [-0.4, -0.2) is 34.5 Å². The SMILES string of the molecule is COC(=O)C(N)Cc1ccc(OC)c(O[Si](C)(C)C(C)(C)C)c1. The first kappa shape index (κ1) is 19.5. The van der Waals surface area contributed by atoms with Crippen LogP contribution in [0.2, 0.25) is 18.1 Å². The van der Waals surface area contributed by atoms with Gasteiger partial charge in [-0.2, -0.15) is 0 Å². The molecule has 5 nitrogen and oxygen atoms in total. The number of carbonyl (C=O) groups is 1. The average Bonchev–Trinajstić information content (AvgIpc) is 2.45. The lowest BCUT2D eigenvalue weighted by molar-refractivity contribution is -0.142. The number of esters is 1. The number of nitrogens with two attached hydrogens (primary N) is 1. The van der Waals surface area contributed by atoms with E-state index in [9.17, 15) is 4.79 Å². The Morgan fingerprint density at radius 3 is 2.30 bits per heavy atom. The molecule has 0 saturated carbocycles. The number of methoxy groups -OCH3 is 2. The molecule has 6 heteroatoms. The van der Waals surface area contributed by atoms with Crippen LogP contribution in [0.4, 0.5) is 0 Å². The number of ether oxygens (including phenoxy) is 2. The third-order valence-electron chi connectivity index (χ3n) is 4.36. The van der Waals surface area contributed by atoms with E-state index in [0.29, 0.717) is 17.9 Å². The van der Waals surface area contributed by atoms with E-state index < -0.39 is 20.3 Å². The molecular formula is C17H29NO4Si. The normalized spacial score (nSPS) is 13.4. The maximum Gasteiger partial charge on any atom is 0.322 e. The van der Waals surface area contributed by atoms with Crippen molar-refractivity contribution in [1.82, 2.24) is 0 Å². The second-order valence-electron chi connectivity index (χ2n) is 7.18. The van der Waals surface area contributed by atoms with Crippen molar-refractivity contribution in [1.29, 1.82) is 0 Å². The van der Waals surface area contributed by atoms with Crippen molar-refractivity contribution >= 4 is 14.3 Å². The van der Waals surface area contributed by atoms with E-state index >= 15 is 0 Å². The van der Waals surface area contributed by atoms with Crippen molar-refractivity contribution in [3.63, 3.8) is 0 Å². The van der Waals surface area contributed by atoms with Gasteiger partial charge in [0.25, 0.3) is 8.32 Å². The molecule has 1 aromatic rings. The molecule has 0 bridgehead atoms. The molecule has 0 radical (unpaired) electrons. The highest BCUT2D eigenvalue weighted by atomic mass is 28.4. The minimum Gasteiger partial charge on any atom is -0.541 e. The smallest absolute Gasteiger partial charge is 0.322 e. The van der Waals surface area contributed by atoms with Crippen molar-refractivity contribution < 1.29 is 18.7 Å². The fourth-order valence-electron chi connectivity index (χ4n) is 1.84. The molecular weight excluding hydrogens is 310 g/mol. The first-order chi connectivity index (χ1) is 10.5. The summed E-state index contributed by atoms with van der Waals surface area (Å²) in [5.74, 6) is 0.964. The lowest BCUT2D eigenvalue weighted by Crippen LogP contribution is -2.44. The van der Waals surface area contributed by atoms with Crippen molar-refractivity contribution in [2.24, 2.45) is 5.73 Å². The molecule has 130 valence electrons. The van der Waals surface area contributed by atoms with Crippen LogP contribution in [0.5, 0.6) is 11.5 Å². The van der Waals surface area contributed by atoms with Gasteiger partial charge in [-0.25, -0.2) is 0 Å². The van der Waals surface area contributed by atoms with Gasteiger partial charge in [-0.1, -0.05) is 26.8 Å². The maximum absolute atomic E-state index is 11.5. The third-order valence-corrected chi connectivity index (χ3v) is 8.70. The molecule has 0 aliphatic rings. The van der Waals surface area contributed by atoms with Gasteiger partial charge >= 0.3 is 5.97 Å². The number of benzene rings is 1. The Hall–Kier alpha value is -1.53. The lowest BCUT2D eigenvalue weighted by atomic mass is 10.1. The number of rotatable bonds is 6. The molecule has 1 rings (SSSR count). The fraction of sp³-hybridized carbons (Fsp3) is 0.588. The third kappa shape index (κ3) is 4.97. The Kier molecular flexibility index (Phi) is 6.24. The Balaban J connectivity index is 3.07. The highest BCUT2D eigenvalue weighted by Crippen LogP contribution is 2.40. The number of carbonyl (C=O) groups excluding carboxylic acids is 1. The molecule has 1 atom stereocenters. The highest BCUT2D eigenvalue weighted by molar-refractivity contribution is 6.74. The largest absolute Gasteiger partial charge is 0.541 e. The van der Waals surface area contributed by atoms with Gasteiger partial charge in [0.2, 0.25) is 0 Å². The Morgan fingerprint density at radius 1 is 1.22 bits per heavy atom. The summed E-state index contributed by atoms with van der Waals surface area (Å²) in [7, 11) is 0.966. The number of hydrogen-bond acceptors (Lipinski definition) is 5. The van der Waals surface area contributed by atoms with Gasteiger partial charge in [0.1, 0.15) is 11.8 Å². The molecule has 0 aromatic heterocycles. The van der Waals surface area contributed by atoms with Crippen molar-refractivity contribution in [3.8, 4) is 11.5 Å². The predicted octanol–water partition coefficient (Wildman–Crippen LogP) is 3.12. The predicted molar refractivity (Wildman–Crippen MR) is 94.5 cm³/mol. The van der Waals surface area contributed by atoms with E-state index in [1.807, 2.05) is 18.2 Å².